The summed E-state index contributed by atoms with van der Waals surface area (Å²) in [4.78, 5) is 21.0. The Balaban J connectivity index is 0.00000144. The third-order valence-electron chi connectivity index (χ3n) is 1.46. The van der Waals surface area contributed by atoms with Gasteiger partial charge in [0.1, 0.15) is 5.75 Å². The molecule has 13 heavy (non-hydrogen) atoms. The van der Waals surface area contributed by atoms with E-state index in [0.717, 1.165) is 0 Å². The Morgan fingerprint density at radius 3 is 2.69 bits per heavy atom. The average Bonchev–Trinajstić information content (AvgIpc) is 2.17. The van der Waals surface area contributed by atoms with Crippen LogP contribution in [0.25, 0.3) is 0 Å². The topological polar surface area (TPSA) is 74.9 Å². The molecule has 0 saturated carbocycles. The molecule has 0 aliphatic heterocycles. The van der Waals surface area contributed by atoms with Crippen molar-refractivity contribution in [3.8, 4) is 5.75 Å². The van der Waals surface area contributed by atoms with Gasteiger partial charge < -0.3 is 10.2 Å². The van der Waals surface area contributed by atoms with Crippen LogP contribution in [0.1, 0.15) is 10.4 Å². The fourth-order valence-electron chi connectivity index (χ4n) is 0.844. The van der Waals surface area contributed by atoms with E-state index in [0.29, 0.717) is 11.3 Å². The van der Waals surface area contributed by atoms with Gasteiger partial charge in [-0.05, 0) is 12.1 Å². The number of Topliss-reactive ketones (excluding diaryl/α,β-unsaturated/α-hetero) is 1. The number of hydrogen-bond acceptors (Lipinski definition) is 3. The number of benzene rings is 1. The maximum atomic E-state index is 10.9. The van der Waals surface area contributed by atoms with Crippen LogP contribution in [0.5, 0.6) is 5.75 Å². The molecule has 0 atom stereocenters. The van der Waals surface area contributed by atoms with Crippen LogP contribution >= 0.6 is 0 Å². The molecular formula is C9H10O4. The Morgan fingerprint density at radius 2 is 2.15 bits per heavy atom. The van der Waals surface area contributed by atoms with E-state index in [2.05, 4.69) is 0 Å². The second kappa shape index (κ2) is 5.05. The summed E-state index contributed by atoms with van der Waals surface area (Å²) >= 11 is 0. The van der Waals surface area contributed by atoms with E-state index in [1.807, 2.05) is 0 Å². The molecular weight excluding hydrogens is 172 g/mol. The predicted molar refractivity (Wildman–Crippen MR) is 47.0 cm³/mol. The van der Waals surface area contributed by atoms with Gasteiger partial charge in [-0.1, -0.05) is 12.1 Å². The van der Waals surface area contributed by atoms with Crippen molar-refractivity contribution in [2.24, 2.45) is 0 Å². The van der Waals surface area contributed by atoms with Crippen molar-refractivity contribution in [1.82, 2.24) is 0 Å². The number of methoxy groups -OCH3 is 1. The van der Waals surface area contributed by atoms with Gasteiger partial charge in [-0.25, -0.2) is 0 Å². The summed E-state index contributed by atoms with van der Waals surface area (Å²) in [5.74, 6) is 0.0385. The Labute approximate surface area is 75.4 Å². The molecule has 4 heteroatoms. The molecule has 70 valence electrons. The van der Waals surface area contributed by atoms with Crippen LogP contribution in [0.15, 0.2) is 24.3 Å². The number of hydrogen-bond donors (Lipinski definition) is 0. The first kappa shape index (κ1) is 11.3. The number of rotatable bonds is 3. The first-order valence-electron chi connectivity index (χ1n) is 3.41. The van der Waals surface area contributed by atoms with E-state index in [4.69, 9.17) is 4.74 Å². The molecule has 0 aliphatic rings. The van der Waals surface area contributed by atoms with Crippen molar-refractivity contribution in [2.45, 2.75) is 0 Å². The van der Waals surface area contributed by atoms with Crippen LogP contribution in [-0.4, -0.2) is 24.7 Å². The van der Waals surface area contributed by atoms with E-state index in [9.17, 15) is 9.59 Å². The second-order valence-electron chi connectivity index (χ2n) is 2.21. The molecule has 1 rings (SSSR count). The highest BCUT2D eigenvalue weighted by molar-refractivity contribution is 6.33. The van der Waals surface area contributed by atoms with Crippen LogP contribution in [0.3, 0.4) is 0 Å². The molecule has 1 aromatic rings. The molecule has 0 bridgehead atoms. The van der Waals surface area contributed by atoms with E-state index < -0.39 is 5.78 Å². The zero-order valence-electron chi connectivity index (χ0n) is 7.11. The summed E-state index contributed by atoms with van der Waals surface area (Å²) < 4.78 is 4.88. The molecule has 0 aliphatic carbocycles. The summed E-state index contributed by atoms with van der Waals surface area (Å²) in [5.41, 5.74) is 0.351. The largest absolute Gasteiger partial charge is 0.497 e. The molecule has 0 saturated heterocycles. The fourth-order valence-corrected chi connectivity index (χ4v) is 0.844. The normalized spacial score (nSPS) is 8.38. The monoisotopic (exact) mass is 182 g/mol. The van der Waals surface area contributed by atoms with E-state index in [1.165, 1.54) is 13.2 Å². The molecule has 1 aromatic carbocycles. The molecule has 0 radical (unpaired) electrons. The van der Waals surface area contributed by atoms with Gasteiger partial charge in [-0.2, -0.15) is 0 Å². The Bertz CT molecular complexity index is 306. The lowest BCUT2D eigenvalue weighted by Gasteiger charge is -1.99. The zero-order chi connectivity index (χ0) is 8.97. The number of carbonyl (C=O) groups excluding carboxylic acids is 2. The lowest BCUT2D eigenvalue weighted by Crippen LogP contribution is -1.99. The van der Waals surface area contributed by atoms with Gasteiger partial charge in [0.25, 0.3) is 0 Å². The number of aldehydes is 1. The minimum atomic E-state index is -0.533. The lowest BCUT2D eigenvalue weighted by atomic mass is 10.1. The van der Waals surface area contributed by atoms with E-state index in [-0.39, 0.29) is 11.8 Å². The third kappa shape index (κ3) is 2.68. The zero-order valence-corrected chi connectivity index (χ0v) is 7.11. The van der Waals surface area contributed by atoms with Crippen molar-refractivity contribution in [3.63, 3.8) is 0 Å². The van der Waals surface area contributed by atoms with Crippen LogP contribution in [0, 0.1) is 0 Å². The van der Waals surface area contributed by atoms with Gasteiger partial charge in [0.05, 0.1) is 7.11 Å². The van der Waals surface area contributed by atoms with Crippen molar-refractivity contribution >= 4 is 12.1 Å². The number of ether oxygens (including phenoxy) is 1. The van der Waals surface area contributed by atoms with Crippen LogP contribution in [-0.2, 0) is 4.79 Å². The average molecular weight is 182 g/mol. The minimum absolute atomic E-state index is 0. The molecule has 0 fully saturated rings. The second-order valence-corrected chi connectivity index (χ2v) is 2.21. The summed E-state index contributed by atoms with van der Waals surface area (Å²) in [7, 11) is 1.50. The first-order valence-corrected chi connectivity index (χ1v) is 3.41. The quantitative estimate of drug-likeness (QED) is 0.382. The van der Waals surface area contributed by atoms with Gasteiger partial charge >= 0.3 is 0 Å². The Hall–Kier alpha value is -1.68. The molecule has 4 nitrogen and oxygen atoms in total. The maximum absolute atomic E-state index is 10.9. The summed E-state index contributed by atoms with van der Waals surface area (Å²) in [5, 5.41) is 0. The fraction of sp³-hybridized carbons (Fsp3) is 0.111. The van der Waals surface area contributed by atoms with Crippen molar-refractivity contribution in [2.75, 3.05) is 7.11 Å². The molecule has 2 N–H and O–H groups in total. The van der Waals surface area contributed by atoms with Crippen molar-refractivity contribution < 1.29 is 19.8 Å². The SMILES string of the molecule is COc1cccc(C(=O)C=O)c1.O. The van der Waals surface area contributed by atoms with Gasteiger partial charge in [-0.15, -0.1) is 0 Å². The highest BCUT2D eigenvalue weighted by Crippen LogP contribution is 2.12. The standard InChI is InChI=1S/C9H8O3.H2O/c1-12-8-4-2-3-7(5-8)9(11)6-10;/h2-6H,1H3;1H2. The third-order valence-corrected chi connectivity index (χ3v) is 1.46. The van der Waals surface area contributed by atoms with Crippen LogP contribution in [0.4, 0.5) is 0 Å². The van der Waals surface area contributed by atoms with Gasteiger partial charge in [-0.3, -0.25) is 9.59 Å². The molecule has 0 spiro atoms. The van der Waals surface area contributed by atoms with Gasteiger partial charge in [0, 0.05) is 5.56 Å². The lowest BCUT2D eigenvalue weighted by molar-refractivity contribution is -0.104. The molecule has 0 amide bonds. The van der Waals surface area contributed by atoms with Crippen molar-refractivity contribution in [1.29, 1.82) is 0 Å². The highest BCUT2D eigenvalue weighted by Gasteiger charge is 2.03. The van der Waals surface area contributed by atoms with Crippen LogP contribution < -0.4 is 4.74 Å². The summed E-state index contributed by atoms with van der Waals surface area (Å²) in [6, 6.07) is 6.47. The Kier molecular flexibility index (Phi) is 4.40. The number of ketones is 1. The smallest absolute Gasteiger partial charge is 0.225 e. The minimum Gasteiger partial charge on any atom is -0.497 e. The van der Waals surface area contributed by atoms with Crippen LogP contribution in [0.2, 0.25) is 0 Å². The maximum Gasteiger partial charge on any atom is 0.225 e. The van der Waals surface area contributed by atoms with Crippen molar-refractivity contribution in [3.05, 3.63) is 29.8 Å². The first-order chi connectivity index (χ1) is 5.77. The molecule has 0 aromatic heterocycles. The summed E-state index contributed by atoms with van der Waals surface area (Å²) in [6.45, 7) is 0. The van der Waals surface area contributed by atoms with Gasteiger partial charge in [0.15, 0.2) is 6.29 Å². The van der Waals surface area contributed by atoms with E-state index in [1.54, 1.807) is 18.2 Å². The van der Waals surface area contributed by atoms with E-state index >= 15 is 0 Å². The predicted octanol–water partition coefficient (Wildman–Crippen LogP) is 0.252. The highest BCUT2D eigenvalue weighted by atomic mass is 16.5. The number of carbonyl (C=O) groups is 2. The summed E-state index contributed by atoms with van der Waals surface area (Å²) in [6.07, 6.45) is 0.286. The van der Waals surface area contributed by atoms with Gasteiger partial charge in [0.2, 0.25) is 5.78 Å². The molecule has 0 unspecified atom stereocenters. The Morgan fingerprint density at radius 1 is 1.46 bits per heavy atom. The molecule has 0 heterocycles.